The fourth-order valence-electron chi connectivity index (χ4n) is 2.90. The summed E-state index contributed by atoms with van der Waals surface area (Å²) in [5.74, 6) is -1.31. The van der Waals surface area contributed by atoms with E-state index in [1.807, 2.05) is 0 Å². The van der Waals surface area contributed by atoms with Crippen LogP contribution in [0, 0.1) is 62.1 Å². The molecule has 0 saturated heterocycles. The van der Waals surface area contributed by atoms with E-state index < -0.39 is 22.9 Å². The van der Waals surface area contributed by atoms with Crippen molar-refractivity contribution in [3.63, 3.8) is 0 Å². The minimum atomic E-state index is -2.00. The zero-order chi connectivity index (χ0) is 15.4. The third kappa shape index (κ3) is 1.83. The highest BCUT2D eigenvalue weighted by Crippen LogP contribution is 2.54. The largest absolute Gasteiger partial charge is 0.376 e. The molecule has 0 amide bonds. The van der Waals surface area contributed by atoms with Crippen molar-refractivity contribution in [2.45, 2.75) is 32.8 Å². The van der Waals surface area contributed by atoms with Gasteiger partial charge in [-0.15, -0.1) is 0 Å². The molecule has 0 aromatic rings. The smallest absolute Gasteiger partial charge is 0.201 e. The lowest BCUT2D eigenvalue weighted by Gasteiger charge is -2.45. The summed E-state index contributed by atoms with van der Waals surface area (Å²) < 4.78 is 5.41. The summed E-state index contributed by atoms with van der Waals surface area (Å²) >= 11 is 0. The lowest BCUT2D eigenvalue weighted by molar-refractivity contribution is -0.131. The quantitative estimate of drug-likeness (QED) is 0.765. The summed E-state index contributed by atoms with van der Waals surface area (Å²) in [6.45, 7) is 3.24. The minimum absolute atomic E-state index is 0.256. The molecule has 6 heteroatoms. The van der Waals surface area contributed by atoms with Crippen LogP contribution in [0.2, 0.25) is 0 Å². The van der Waals surface area contributed by atoms with Crippen LogP contribution in [0.3, 0.4) is 0 Å². The molecule has 102 valence electrons. The molecule has 2 unspecified atom stereocenters. The van der Waals surface area contributed by atoms with E-state index in [1.165, 1.54) is 6.92 Å². The molecule has 2 atom stereocenters. The number of nitrogens with zero attached hydrogens (tertiary/aromatic N) is 4. The molecule has 6 nitrogen and oxygen atoms in total. The summed E-state index contributed by atoms with van der Waals surface area (Å²) in [6.07, 6.45) is -0.297. The van der Waals surface area contributed by atoms with E-state index in [-0.39, 0.29) is 18.8 Å². The summed E-state index contributed by atoms with van der Waals surface area (Å²) in [7, 11) is 0. The van der Waals surface area contributed by atoms with Crippen LogP contribution in [0.1, 0.15) is 26.7 Å². The lowest BCUT2D eigenvalue weighted by Crippen LogP contribution is -2.57. The number of carbonyl (C=O) groups excluding carboxylic acids is 1. The van der Waals surface area contributed by atoms with Crippen molar-refractivity contribution in [1.29, 1.82) is 21.0 Å². The van der Waals surface area contributed by atoms with Crippen LogP contribution in [0.5, 0.6) is 0 Å². The molecule has 1 saturated carbocycles. The average molecular weight is 270 g/mol. The van der Waals surface area contributed by atoms with E-state index in [0.29, 0.717) is 6.42 Å². The molecule has 1 aliphatic rings. The first-order valence-corrected chi connectivity index (χ1v) is 6.26. The molecular formula is C14H14N4O2. The second-order valence-corrected chi connectivity index (χ2v) is 4.75. The Morgan fingerprint density at radius 2 is 1.60 bits per heavy atom. The lowest BCUT2D eigenvalue weighted by atomic mass is 9.51. The van der Waals surface area contributed by atoms with Crippen LogP contribution in [0.4, 0.5) is 0 Å². The van der Waals surface area contributed by atoms with E-state index in [2.05, 4.69) is 0 Å². The maximum atomic E-state index is 11.8. The number of carbonyl (C=O) groups is 1. The standard InChI is InChI=1S/C14H14N4O2/c1-3-20-12-5-4-11(10(2)19)13(6-15,7-16)14(12,8-17)9-18/h11-12H,3-5H2,1-2H3. The summed E-state index contributed by atoms with van der Waals surface area (Å²) in [5.41, 5.74) is -3.96. The summed E-state index contributed by atoms with van der Waals surface area (Å²) in [4.78, 5) is 11.8. The van der Waals surface area contributed by atoms with Crippen LogP contribution >= 0.6 is 0 Å². The minimum Gasteiger partial charge on any atom is -0.376 e. The zero-order valence-corrected chi connectivity index (χ0v) is 11.4. The molecule has 0 heterocycles. The number of ketones is 1. The highest BCUT2D eigenvalue weighted by molar-refractivity contribution is 5.81. The Balaban J connectivity index is 3.59. The predicted octanol–water partition coefficient (Wildman–Crippen LogP) is 1.46. The first-order valence-electron chi connectivity index (χ1n) is 6.26. The van der Waals surface area contributed by atoms with Gasteiger partial charge in [-0.3, -0.25) is 4.79 Å². The molecule has 0 aromatic carbocycles. The fourth-order valence-corrected chi connectivity index (χ4v) is 2.90. The Labute approximate surface area is 117 Å². The number of rotatable bonds is 3. The topological polar surface area (TPSA) is 121 Å². The third-order valence-corrected chi connectivity index (χ3v) is 3.91. The SMILES string of the molecule is CCOC1CCC(C(C)=O)C(C#N)(C#N)C1(C#N)C#N. The fraction of sp³-hybridized carbons (Fsp3) is 0.643. The molecule has 1 rings (SSSR count). The Bertz CT molecular complexity index is 542. The van der Waals surface area contributed by atoms with Gasteiger partial charge in [0.05, 0.1) is 36.3 Å². The van der Waals surface area contributed by atoms with Gasteiger partial charge in [0.1, 0.15) is 5.78 Å². The molecule has 0 aromatic heterocycles. The summed E-state index contributed by atoms with van der Waals surface area (Å²) in [6, 6.07) is 7.14. The van der Waals surface area contributed by atoms with Gasteiger partial charge in [0.15, 0.2) is 5.41 Å². The Morgan fingerprint density at radius 3 is 1.95 bits per heavy atom. The van der Waals surface area contributed by atoms with E-state index >= 15 is 0 Å². The van der Waals surface area contributed by atoms with Gasteiger partial charge in [0, 0.05) is 6.61 Å². The molecule has 1 fully saturated rings. The monoisotopic (exact) mass is 270 g/mol. The average Bonchev–Trinajstić information content (AvgIpc) is 2.46. The van der Waals surface area contributed by atoms with Crippen molar-refractivity contribution in [3.05, 3.63) is 0 Å². The van der Waals surface area contributed by atoms with Gasteiger partial charge in [-0.1, -0.05) is 0 Å². The van der Waals surface area contributed by atoms with Crippen molar-refractivity contribution in [2.24, 2.45) is 16.7 Å². The van der Waals surface area contributed by atoms with E-state index in [1.54, 1.807) is 31.2 Å². The Kier molecular flexibility index (Phi) is 4.46. The van der Waals surface area contributed by atoms with E-state index in [4.69, 9.17) is 4.74 Å². The van der Waals surface area contributed by atoms with Crippen molar-refractivity contribution >= 4 is 5.78 Å². The number of hydrogen-bond acceptors (Lipinski definition) is 6. The highest BCUT2D eigenvalue weighted by atomic mass is 16.5. The van der Waals surface area contributed by atoms with Gasteiger partial charge in [0.2, 0.25) is 5.41 Å². The normalized spacial score (nSPS) is 26.3. The van der Waals surface area contributed by atoms with Gasteiger partial charge in [-0.2, -0.15) is 21.0 Å². The van der Waals surface area contributed by atoms with Crippen LogP contribution < -0.4 is 0 Å². The Morgan fingerprint density at radius 1 is 1.10 bits per heavy atom. The second-order valence-electron chi connectivity index (χ2n) is 4.75. The Hall–Kier alpha value is -2.41. The number of Topliss-reactive ketones (excluding diaryl/α,β-unsaturated/α-hetero) is 1. The molecule has 1 aliphatic carbocycles. The first kappa shape index (κ1) is 15.6. The third-order valence-electron chi connectivity index (χ3n) is 3.91. The molecule has 20 heavy (non-hydrogen) atoms. The van der Waals surface area contributed by atoms with Crippen molar-refractivity contribution in [1.82, 2.24) is 0 Å². The molecule has 0 spiro atoms. The predicted molar refractivity (Wildman–Crippen MR) is 66.1 cm³/mol. The van der Waals surface area contributed by atoms with E-state index in [9.17, 15) is 25.8 Å². The molecular weight excluding hydrogens is 256 g/mol. The van der Waals surface area contributed by atoms with Crippen LogP contribution in [0.25, 0.3) is 0 Å². The summed E-state index contributed by atoms with van der Waals surface area (Å²) in [5, 5.41) is 37.9. The van der Waals surface area contributed by atoms with Gasteiger partial charge < -0.3 is 4.74 Å². The van der Waals surface area contributed by atoms with Gasteiger partial charge >= 0.3 is 0 Å². The maximum Gasteiger partial charge on any atom is 0.201 e. The van der Waals surface area contributed by atoms with Gasteiger partial charge in [-0.05, 0) is 26.7 Å². The van der Waals surface area contributed by atoms with Crippen LogP contribution in [-0.2, 0) is 9.53 Å². The highest BCUT2D eigenvalue weighted by Gasteiger charge is 2.67. The second kappa shape index (κ2) is 5.70. The molecule has 0 N–H and O–H groups in total. The van der Waals surface area contributed by atoms with Crippen LogP contribution in [0.15, 0.2) is 0 Å². The van der Waals surface area contributed by atoms with Gasteiger partial charge in [0.25, 0.3) is 0 Å². The molecule has 0 radical (unpaired) electrons. The van der Waals surface area contributed by atoms with E-state index in [0.717, 1.165) is 0 Å². The molecule has 0 bridgehead atoms. The number of hydrogen-bond donors (Lipinski definition) is 0. The van der Waals surface area contributed by atoms with Gasteiger partial charge in [-0.25, -0.2) is 0 Å². The van der Waals surface area contributed by atoms with Crippen molar-refractivity contribution in [3.8, 4) is 24.3 Å². The number of ether oxygens (including phenoxy) is 1. The molecule has 0 aliphatic heterocycles. The van der Waals surface area contributed by atoms with Crippen molar-refractivity contribution in [2.75, 3.05) is 6.61 Å². The first-order chi connectivity index (χ1) is 9.49. The van der Waals surface area contributed by atoms with Crippen molar-refractivity contribution < 1.29 is 9.53 Å². The maximum absolute atomic E-state index is 11.8. The van der Waals surface area contributed by atoms with Crippen LogP contribution in [-0.4, -0.2) is 18.5 Å². The number of nitriles is 4. The zero-order valence-electron chi connectivity index (χ0n) is 11.4.